The van der Waals surface area contributed by atoms with E-state index in [0.717, 1.165) is 23.0 Å². The predicted molar refractivity (Wildman–Crippen MR) is 112 cm³/mol. The van der Waals surface area contributed by atoms with Gasteiger partial charge in [-0.15, -0.1) is 0 Å². The van der Waals surface area contributed by atoms with E-state index < -0.39 is 0 Å². The zero-order chi connectivity index (χ0) is 20.8. The quantitative estimate of drug-likeness (QED) is 0.602. The van der Waals surface area contributed by atoms with Gasteiger partial charge in [0.15, 0.2) is 11.5 Å². The maximum Gasteiger partial charge on any atom is 0.329 e. The second kappa shape index (κ2) is 9.32. The van der Waals surface area contributed by atoms with Gasteiger partial charge in [-0.1, -0.05) is 25.1 Å². The lowest BCUT2D eigenvalue weighted by atomic mass is 10.2. The van der Waals surface area contributed by atoms with Gasteiger partial charge in [0.25, 0.3) is 0 Å². The summed E-state index contributed by atoms with van der Waals surface area (Å²) in [5.41, 5.74) is 2.34. The van der Waals surface area contributed by atoms with Crippen LogP contribution in [0.3, 0.4) is 0 Å². The molecule has 0 saturated heterocycles. The number of para-hydroxylation sites is 2. The van der Waals surface area contributed by atoms with Gasteiger partial charge in [-0.3, -0.25) is 13.9 Å². The van der Waals surface area contributed by atoms with Crippen molar-refractivity contribution in [3.05, 3.63) is 58.5 Å². The Balaban J connectivity index is 1.73. The number of hydrogen-bond acceptors (Lipinski definition) is 4. The molecule has 0 unspecified atom stereocenters. The van der Waals surface area contributed by atoms with Crippen LogP contribution < -0.4 is 20.5 Å². The minimum atomic E-state index is -0.223. The van der Waals surface area contributed by atoms with Crippen LogP contribution in [0.25, 0.3) is 11.0 Å². The third-order valence-corrected chi connectivity index (χ3v) is 4.69. The summed E-state index contributed by atoms with van der Waals surface area (Å²) in [5.74, 6) is 1.07. The van der Waals surface area contributed by atoms with Crippen molar-refractivity contribution in [3.8, 4) is 11.5 Å². The second-order valence-corrected chi connectivity index (χ2v) is 6.70. The number of hydrogen-bond donors (Lipinski definition) is 1. The number of imidazole rings is 1. The van der Waals surface area contributed by atoms with E-state index >= 15 is 0 Å². The molecule has 29 heavy (non-hydrogen) atoms. The van der Waals surface area contributed by atoms with Crippen molar-refractivity contribution in [2.75, 3.05) is 13.7 Å². The smallest absolute Gasteiger partial charge is 0.329 e. The Labute approximate surface area is 169 Å². The van der Waals surface area contributed by atoms with E-state index in [9.17, 15) is 9.59 Å². The average molecular weight is 397 g/mol. The van der Waals surface area contributed by atoms with Crippen molar-refractivity contribution in [2.24, 2.45) is 0 Å². The Morgan fingerprint density at radius 3 is 2.41 bits per heavy atom. The lowest BCUT2D eigenvalue weighted by Crippen LogP contribution is -2.32. The normalized spacial score (nSPS) is 10.9. The van der Waals surface area contributed by atoms with Crippen molar-refractivity contribution in [1.29, 1.82) is 0 Å². The van der Waals surface area contributed by atoms with Gasteiger partial charge >= 0.3 is 5.69 Å². The van der Waals surface area contributed by atoms with E-state index in [-0.39, 0.29) is 18.1 Å². The molecule has 1 N–H and O–H groups in total. The SMILES string of the molecule is CCCn1c(=O)n(CC(=O)NCc2ccc(OCC)c(OC)c2)c2ccccc21. The molecule has 0 aliphatic carbocycles. The fourth-order valence-electron chi connectivity index (χ4n) is 3.36. The molecule has 0 aliphatic rings. The van der Waals surface area contributed by atoms with Crippen LogP contribution in [0.15, 0.2) is 47.3 Å². The van der Waals surface area contributed by atoms with Gasteiger partial charge in [0.1, 0.15) is 6.54 Å². The van der Waals surface area contributed by atoms with Gasteiger partial charge in [-0.2, -0.15) is 0 Å². The molecule has 7 nitrogen and oxygen atoms in total. The van der Waals surface area contributed by atoms with Gasteiger partial charge in [0.2, 0.25) is 5.91 Å². The van der Waals surface area contributed by atoms with E-state index in [2.05, 4.69) is 5.32 Å². The number of aryl methyl sites for hydroxylation is 1. The number of nitrogens with zero attached hydrogens (tertiary/aromatic N) is 2. The van der Waals surface area contributed by atoms with E-state index in [1.165, 1.54) is 4.57 Å². The molecule has 3 rings (SSSR count). The first-order chi connectivity index (χ1) is 14.1. The molecule has 1 amide bonds. The zero-order valence-corrected chi connectivity index (χ0v) is 17.1. The Bertz CT molecular complexity index is 1050. The van der Waals surface area contributed by atoms with E-state index in [1.807, 2.05) is 56.3 Å². The van der Waals surface area contributed by atoms with Crippen molar-refractivity contribution in [3.63, 3.8) is 0 Å². The lowest BCUT2D eigenvalue weighted by molar-refractivity contribution is -0.121. The summed E-state index contributed by atoms with van der Waals surface area (Å²) >= 11 is 0. The molecule has 1 aromatic heterocycles. The van der Waals surface area contributed by atoms with E-state index in [0.29, 0.717) is 31.2 Å². The van der Waals surface area contributed by atoms with E-state index in [1.54, 1.807) is 11.7 Å². The Morgan fingerprint density at radius 1 is 1.03 bits per heavy atom. The summed E-state index contributed by atoms with van der Waals surface area (Å²) in [6.07, 6.45) is 0.847. The standard InChI is InChI=1S/C22H27N3O4/c1-4-12-24-17-8-6-7-9-18(17)25(22(24)27)15-21(26)23-14-16-10-11-19(29-5-2)20(13-16)28-3/h6-11,13H,4-5,12,14-15H2,1-3H3,(H,23,26). The number of rotatable bonds is 9. The van der Waals surface area contributed by atoms with Crippen LogP contribution in [0.5, 0.6) is 11.5 Å². The minimum Gasteiger partial charge on any atom is -0.493 e. The number of carbonyl (C=O) groups excluding carboxylic acids is 1. The summed E-state index contributed by atoms with van der Waals surface area (Å²) in [7, 11) is 1.58. The highest BCUT2D eigenvalue weighted by Gasteiger charge is 2.15. The number of benzene rings is 2. The van der Waals surface area contributed by atoms with Gasteiger partial charge in [0.05, 0.1) is 24.8 Å². The maximum atomic E-state index is 12.8. The van der Waals surface area contributed by atoms with Crippen LogP contribution in [0.1, 0.15) is 25.8 Å². The molecule has 1 heterocycles. The van der Waals surface area contributed by atoms with Gasteiger partial charge in [-0.05, 0) is 43.2 Å². The number of nitrogens with one attached hydrogen (secondary N) is 1. The minimum absolute atomic E-state index is 0.0236. The summed E-state index contributed by atoms with van der Waals surface area (Å²) in [5, 5.41) is 2.88. The molecule has 0 aliphatic heterocycles. The molecule has 0 saturated carbocycles. The number of amides is 1. The number of ether oxygens (including phenoxy) is 2. The monoisotopic (exact) mass is 397 g/mol. The molecule has 2 aromatic carbocycles. The molecule has 0 bridgehead atoms. The first kappa shape index (κ1) is 20.5. The molecular formula is C22H27N3O4. The van der Waals surface area contributed by atoms with Crippen molar-refractivity contribution in [1.82, 2.24) is 14.5 Å². The number of aromatic nitrogens is 2. The first-order valence-corrected chi connectivity index (χ1v) is 9.83. The fraction of sp³-hybridized carbons (Fsp3) is 0.364. The lowest BCUT2D eigenvalue weighted by Gasteiger charge is -2.11. The zero-order valence-electron chi connectivity index (χ0n) is 17.1. The fourth-order valence-corrected chi connectivity index (χ4v) is 3.36. The van der Waals surface area contributed by atoms with Gasteiger partial charge in [0, 0.05) is 13.1 Å². The highest BCUT2D eigenvalue weighted by molar-refractivity contribution is 5.81. The Kier molecular flexibility index (Phi) is 6.59. The Morgan fingerprint density at radius 2 is 1.76 bits per heavy atom. The van der Waals surface area contributed by atoms with Crippen molar-refractivity contribution in [2.45, 2.75) is 39.9 Å². The highest BCUT2D eigenvalue weighted by atomic mass is 16.5. The number of fused-ring (bicyclic) bond motifs is 1. The van der Waals surface area contributed by atoms with Crippen LogP contribution in [0.2, 0.25) is 0 Å². The summed E-state index contributed by atoms with van der Waals surface area (Å²) < 4.78 is 14.1. The summed E-state index contributed by atoms with van der Waals surface area (Å²) in [6.45, 7) is 5.42. The molecule has 0 atom stereocenters. The molecule has 0 spiro atoms. The maximum absolute atomic E-state index is 12.8. The van der Waals surface area contributed by atoms with Crippen LogP contribution in [0.4, 0.5) is 0 Å². The first-order valence-electron chi connectivity index (χ1n) is 9.83. The Hall–Kier alpha value is -3.22. The molecule has 7 heteroatoms. The average Bonchev–Trinajstić information content (AvgIpc) is 2.99. The topological polar surface area (TPSA) is 74.5 Å². The van der Waals surface area contributed by atoms with E-state index in [4.69, 9.17) is 9.47 Å². The second-order valence-electron chi connectivity index (χ2n) is 6.70. The molecular weight excluding hydrogens is 370 g/mol. The summed E-state index contributed by atoms with van der Waals surface area (Å²) in [6, 6.07) is 13.1. The van der Waals surface area contributed by atoms with Gasteiger partial charge < -0.3 is 14.8 Å². The molecule has 3 aromatic rings. The largest absolute Gasteiger partial charge is 0.493 e. The highest BCUT2D eigenvalue weighted by Crippen LogP contribution is 2.27. The van der Waals surface area contributed by atoms with Crippen LogP contribution in [-0.4, -0.2) is 28.8 Å². The molecule has 0 fully saturated rings. The van der Waals surface area contributed by atoms with Crippen LogP contribution in [0, 0.1) is 0 Å². The van der Waals surface area contributed by atoms with Crippen molar-refractivity contribution < 1.29 is 14.3 Å². The van der Waals surface area contributed by atoms with Gasteiger partial charge in [-0.25, -0.2) is 4.79 Å². The van der Waals surface area contributed by atoms with Crippen LogP contribution >= 0.6 is 0 Å². The molecule has 154 valence electrons. The van der Waals surface area contributed by atoms with Crippen LogP contribution in [-0.2, 0) is 24.4 Å². The number of carbonyl (C=O) groups is 1. The van der Waals surface area contributed by atoms with Crippen molar-refractivity contribution >= 4 is 16.9 Å². The number of methoxy groups -OCH3 is 1. The summed E-state index contributed by atoms with van der Waals surface area (Å²) in [4.78, 5) is 25.3. The molecule has 0 radical (unpaired) electrons. The third kappa shape index (κ3) is 4.45. The third-order valence-electron chi connectivity index (χ3n) is 4.69. The predicted octanol–water partition coefficient (Wildman–Crippen LogP) is 2.94.